The van der Waals surface area contributed by atoms with Gasteiger partial charge in [-0.05, 0) is 43.9 Å². The van der Waals surface area contributed by atoms with Crippen molar-refractivity contribution in [3.05, 3.63) is 59.4 Å². The third-order valence-corrected chi connectivity index (χ3v) is 5.85. The van der Waals surface area contributed by atoms with Gasteiger partial charge in [0.05, 0.1) is 17.1 Å². The fourth-order valence-electron chi connectivity index (χ4n) is 3.92. The average molecular weight is 447 g/mol. The summed E-state index contributed by atoms with van der Waals surface area (Å²) in [5.74, 6) is 0.294. The second-order valence-electron chi connectivity index (χ2n) is 8.03. The fraction of sp³-hybridized carbons (Fsp3) is 0.333. The Morgan fingerprint density at radius 1 is 1.06 bits per heavy atom. The largest absolute Gasteiger partial charge is 0.434 e. The Kier molecular flexibility index (Phi) is 4.37. The van der Waals surface area contributed by atoms with E-state index in [0.717, 1.165) is 30.0 Å². The molecule has 3 aromatic heterocycles. The Labute approximate surface area is 180 Å². The third-order valence-electron chi connectivity index (χ3n) is 5.67. The van der Waals surface area contributed by atoms with Crippen molar-refractivity contribution in [1.82, 2.24) is 29.3 Å². The number of aromatic nitrogens is 6. The summed E-state index contributed by atoms with van der Waals surface area (Å²) in [6.07, 6.45) is 1.68. The van der Waals surface area contributed by atoms with Crippen LogP contribution in [0.5, 0.6) is 0 Å². The van der Waals surface area contributed by atoms with Gasteiger partial charge < -0.3 is 4.57 Å². The summed E-state index contributed by atoms with van der Waals surface area (Å²) in [6, 6.07) is 7.30. The molecule has 0 radical (unpaired) electrons. The van der Waals surface area contributed by atoms with Gasteiger partial charge in [0.25, 0.3) is 0 Å². The lowest BCUT2D eigenvalue weighted by molar-refractivity contribution is -0.140. The summed E-state index contributed by atoms with van der Waals surface area (Å²) in [4.78, 5) is 12.2. The van der Waals surface area contributed by atoms with E-state index in [1.165, 1.54) is 0 Å². The first-order valence-corrected chi connectivity index (χ1v) is 10.2. The zero-order chi connectivity index (χ0) is 22.0. The molecule has 160 valence electrons. The van der Waals surface area contributed by atoms with Crippen LogP contribution >= 0.6 is 11.6 Å². The van der Waals surface area contributed by atoms with Crippen LogP contribution in [0.4, 0.5) is 13.2 Å². The molecular weight excluding hydrogens is 429 g/mol. The smallest absolute Gasteiger partial charge is 0.328 e. The molecule has 4 aromatic rings. The summed E-state index contributed by atoms with van der Waals surface area (Å²) in [6.45, 7) is 3.66. The minimum absolute atomic E-state index is 0.154. The Bertz CT molecular complexity index is 1270. The van der Waals surface area contributed by atoms with Gasteiger partial charge in [0.2, 0.25) is 5.28 Å². The molecule has 0 amide bonds. The number of halogens is 4. The standard InChI is InChI=1S/C21H18ClF3N6/c1-12(2)30-11-16(21(23,24)25)28-17(30)13-3-5-15(6-4-13)20(7-8-20)31-18-14(10-27-31)9-26-19(22)29-18/h3-6,9-12H,7-8H2,1-2H3. The highest BCUT2D eigenvalue weighted by Gasteiger charge is 2.48. The maximum Gasteiger partial charge on any atom is 0.434 e. The van der Waals surface area contributed by atoms with Gasteiger partial charge in [-0.3, -0.25) is 0 Å². The Morgan fingerprint density at radius 2 is 1.77 bits per heavy atom. The van der Waals surface area contributed by atoms with E-state index < -0.39 is 11.9 Å². The van der Waals surface area contributed by atoms with Crippen molar-refractivity contribution in [1.29, 1.82) is 0 Å². The van der Waals surface area contributed by atoms with E-state index >= 15 is 0 Å². The van der Waals surface area contributed by atoms with Crippen molar-refractivity contribution in [2.45, 2.75) is 44.4 Å². The zero-order valence-corrected chi connectivity index (χ0v) is 17.5. The molecule has 0 spiro atoms. The monoisotopic (exact) mass is 446 g/mol. The molecule has 1 saturated carbocycles. The molecule has 1 aromatic carbocycles. The minimum atomic E-state index is -4.49. The van der Waals surface area contributed by atoms with E-state index in [4.69, 9.17) is 11.6 Å². The lowest BCUT2D eigenvalue weighted by Gasteiger charge is -2.18. The average Bonchev–Trinajstić information content (AvgIpc) is 3.20. The van der Waals surface area contributed by atoms with Crippen molar-refractivity contribution in [2.75, 3.05) is 0 Å². The van der Waals surface area contributed by atoms with Gasteiger partial charge in [-0.1, -0.05) is 24.3 Å². The maximum atomic E-state index is 13.2. The van der Waals surface area contributed by atoms with Crippen LogP contribution in [0, 0.1) is 0 Å². The van der Waals surface area contributed by atoms with Gasteiger partial charge in [0, 0.05) is 24.0 Å². The Hall–Kier alpha value is -2.94. The van der Waals surface area contributed by atoms with Crippen LogP contribution in [0.25, 0.3) is 22.4 Å². The van der Waals surface area contributed by atoms with Gasteiger partial charge >= 0.3 is 6.18 Å². The van der Waals surface area contributed by atoms with E-state index in [2.05, 4.69) is 20.1 Å². The van der Waals surface area contributed by atoms with Gasteiger partial charge in [-0.25, -0.2) is 14.6 Å². The molecule has 6 nitrogen and oxygen atoms in total. The first kappa shape index (κ1) is 20.0. The summed E-state index contributed by atoms with van der Waals surface area (Å²) >= 11 is 5.97. The van der Waals surface area contributed by atoms with Crippen molar-refractivity contribution in [3.8, 4) is 11.4 Å². The van der Waals surface area contributed by atoms with Crippen LogP contribution in [-0.2, 0) is 11.7 Å². The predicted octanol–water partition coefficient (Wildman–Crippen LogP) is 5.48. The van der Waals surface area contributed by atoms with Crippen molar-refractivity contribution in [3.63, 3.8) is 0 Å². The molecule has 10 heteroatoms. The highest BCUT2D eigenvalue weighted by Crippen LogP contribution is 2.50. The third kappa shape index (κ3) is 3.27. The van der Waals surface area contributed by atoms with Crippen LogP contribution in [0.1, 0.15) is 44.0 Å². The number of hydrogen-bond acceptors (Lipinski definition) is 4. The van der Waals surface area contributed by atoms with Crippen molar-refractivity contribution >= 4 is 22.6 Å². The SMILES string of the molecule is CC(C)n1cc(C(F)(F)F)nc1-c1ccc(C2(n3ncc4cnc(Cl)nc43)CC2)cc1. The van der Waals surface area contributed by atoms with E-state index in [-0.39, 0.29) is 16.9 Å². The van der Waals surface area contributed by atoms with Crippen LogP contribution in [0.3, 0.4) is 0 Å². The van der Waals surface area contributed by atoms with Gasteiger partial charge in [0.15, 0.2) is 11.3 Å². The van der Waals surface area contributed by atoms with Crippen LogP contribution in [0.2, 0.25) is 5.28 Å². The molecule has 1 fully saturated rings. The number of hydrogen-bond donors (Lipinski definition) is 0. The van der Waals surface area contributed by atoms with E-state index in [0.29, 0.717) is 17.0 Å². The van der Waals surface area contributed by atoms with Gasteiger partial charge in [0.1, 0.15) is 5.82 Å². The van der Waals surface area contributed by atoms with Crippen molar-refractivity contribution < 1.29 is 13.2 Å². The second kappa shape index (κ2) is 6.78. The van der Waals surface area contributed by atoms with Gasteiger partial charge in [-0.2, -0.15) is 23.3 Å². The molecule has 0 atom stereocenters. The lowest BCUT2D eigenvalue weighted by Crippen LogP contribution is -2.20. The number of nitrogens with zero attached hydrogens (tertiary/aromatic N) is 6. The molecule has 31 heavy (non-hydrogen) atoms. The molecule has 0 aliphatic heterocycles. The highest BCUT2D eigenvalue weighted by atomic mass is 35.5. The highest BCUT2D eigenvalue weighted by molar-refractivity contribution is 6.28. The summed E-state index contributed by atoms with van der Waals surface area (Å²) in [5, 5.41) is 5.46. The first-order valence-electron chi connectivity index (χ1n) is 9.83. The van der Waals surface area contributed by atoms with Crippen LogP contribution in [-0.4, -0.2) is 29.3 Å². The quantitative estimate of drug-likeness (QED) is 0.389. The van der Waals surface area contributed by atoms with Crippen LogP contribution in [0.15, 0.2) is 42.9 Å². The molecule has 0 bridgehead atoms. The molecule has 1 aliphatic carbocycles. The first-order chi connectivity index (χ1) is 14.7. The number of fused-ring (bicyclic) bond motifs is 1. The summed E-state index contributed by atoms with van der Waals surface area (Å²) in [5.41, 5.74) is 1.06. The number of alkyl halides is 3. The maximum absolute atomic E-state index is 13.2. The Morgan fingerprint density at radius 3 is 2.39 bits per heavy atom. The van der Waals surface area contributed by atoms with E-state index in [1.807, 2.05) is 42.8 Å². The van der Waals surface area contributed by atoms with Crippen LogP contribution < -0.4 is 0 Å². The number of imidazole rings is 1. The molecular formula is C21H18ClF3N6. The van der Waals surface area contributed by atoms with E-state index in [9.17, 15) is 13.2 Å². The molecule has 0 N–H and O–H groups in total. The molecule has 0 unspecified atom stereocenters. The molecule has 5 rings (SSSR count). The lowest BCUT2D eigenvalue weighted by atomic mass is 10.0. The van der Waals surface area contributed by atoms with E-state index in [1.54, 1.807) is 17.0 Å². The molecule has 0 saturated heterocycles. The normalized spacial score (nSPS) is 15.7. The summed E-state index contributed by atoms with van der Waals surface area (Å²) in [7, 11) is 0. The zero-order valence-electron chi connectivity index (χ0n) is 16.7. The second-order valence-corrected chi connectivity index (χ2v) is 8.37. The predicted molar refractivity (Wildman–Crippen MR) is 110 cm³/mol. The number of benzene rings is 1. The topological polar surface area (TPSA) is 61.4 Å². The number of rotatable bonds is 4. The van der Waals surface area contributed by atoms with Gasteiger partial charge in [-0.15, -0.1) is 0 Å². The Balaban J connectivity index is 1.54. The minimum Gasteiger partial charge on any atom is -0.328 e. The molecule has 3 heterocycles. The summed E-state index contributed by atoms with van der Waals surface area (Å²) < 4.78 is 43.0. The fourth-order valence-corrected chi connectivity index (χ4v) is 4.05. The van der Waals surface area contributed by atoms with Crippen molar-refractivity contribution in [2.24, 2.45) is 0 Å². The molecule has 1 aliphatic rings.